The number of esters is 1. The van der Waals surface area contributed by atoms with Gasteiger partial charge in [-0.3, -0.25) is 9.69 Å². The van der Waals surface area contributed by atoms with Gasteiger partial charge in [0.25, 0.3) is 0 Å². The smallest absolute Gasteiger partial charge is 0.330 e. The minimum absolute atomic E-state index is 0.0983. The van der Waals surface area contributed by atoms with E-state index in [4.69, 9.17) is 21.1 Å². The van der Waals surface area contributed by atoms with Crippen LogP contribution in [0.3, 0.4) is 0 Å². The van der Waals surface area contributed by atoms with Crippen molar-refractivity contribution >= 4 is 29.2 Å². The molecule has 1 saturated heterocycles. The van der Waals surface area contributed by atoms with Crippen LogP contribution < -0.4 is 9.64 Å². The molecule has 0 spiro atoms. The van der Waals surface area contributed by atoms with Gasteiger partial charge >= 0.3 is 5.97 Å². The second kappa shape index (κ2) is 6.80. The van der Waals surface area contributed by atoms with Crippen LogP contribution in [-0.4, -0.2) is 37.5 Å². The fraction of sp³-hybridized carbons (Fsp3) is 0.467. The lowest BCUT2D eigenvalue weighted by Gasteiger charge is -2.45. The molecule has 114 valence electrons. The van der Waals surface area contributed by atoms with Crippen molar-refractivity contribution < 1.29 is 19.1 Å². The van der Waals surface area contributed by atoms with Gasteiger partial charge in [-0.25, -0.2) is 4.79 Å². The summed E-state index contributed by atoms with van der Waals surface area (Å²) in [4.78, 5) is 25.8. The van der Waals surface area contributed by atoms with E-state index in [2.05, 4.69) is 0 Å². The molecule has 0 N–H and O–H groups in total. The average molecular weight is 312 g/mol. The molecule has 1 fully saturated rings. The Labute approximate surface area is 128 Å². The predicted molar refractivity (Wildman–Crippen MR) is 79.7 cm³/mol. The molecule has 6 heteroatoms. The molecule has 0 radical (unpaired) electrons. The molecule has 1 amide bonds. The third-order valence-corrected chi connectivity index (χ3v) is 3.73. The summed E-state index contributed by atoms with van der Waals surface area (Å²) in [6.07, 6.45) is 0.469. The minimum atomic E-state index is -0.593. The van der Waals surface area contributed by atoms with Crippen LogP contribution in [0.15, 0.2) is 24.3 Å². The minimum Gasteiger partial charge on any atom is -0.497 e. The first-order valence-corrected chi connectivity index (χ1v) is 7.37. The topological polar surface area (TPSA) is 55.8 Å². The number of carbonyl (C=O) groups is 2. The number of anilines is 1. The van der Waals surface area contributed by atoms with Gasteiger partial charge < -0.3 is 9.47 Å². The fourth-order valence-electron chi connectivity index (χ4n) is 2.48. The van der Waals surface area contributed by atoms with E-state index in [0.29, 0.717) is 23.7 Å². The van der Waals surface area contributed by atoms with Gasteiger partial charge in [0.2, 0.25) is 5.91 Å². The first-order valence-electron chi connectivity index (χ1n) is 6.83. The van der Waals surface area contributed by atoms with E-state index in [9.17, 15) is 9.59 Å². The van der Waals surface area contributed by atoms with Crippen LogP contribution in [0.1, 0.15) is 13.3 Å². The van der Waals surface area contributed by atoms with Crippen LogP contribution in [0.25, 0.3) is 0 Å². The zero-order chi connectivity index (χ0) is 15.4. The Morgan fingerprint density at radius 3 is 2.52 bits per heavy atom. The summed E-state index contributed by atoms with van der Waals surface area (Å²) in [5.74, 6) is 0.144. The zero-order valence-corrected chi connectivity index (χ0v) is 12.8. The van der Waals surface area contributed by atoms with Gasteiger partial charge in [-0.15, -0.1) is 11.6 Å². The third kappa shape index (κ3) is 2.97. The van der Waals surface area contributed by atoms with Crippen molar-refractivity contribution in [3.63, 3.8) is 0 Å². The number of β-lactam (4-membered cyclic amide) rings is 1. The third-order valence-electron chi connectivity index (χ3n) is 3.51. The second-order valence-electron chi connectivity index (χ2n) is 4.69. The van der Waals surface area contributed by atoms with Crippen LogP contribution >= 0.6 is 11.6 Å². The van der Waals surface area contributed by atoms with Crippen molar-refractivity contribution in [2.75, 3.05) is 24.5 Å². The maximum absolute atomic E-state index is 12.3. The van der Waals surface area contributed by atoms with Crippen LogP contribution in [0.2, 0.25) is 0 Å². The number of rotatable bonds is 6. The Kier molecular flexibility index (Phi) is 5.07. The van der Waals surface area contributed by atoms with Gasteiger partial charge in [0.1, 0.15) is 11.8 Å². The van der Waals surface area contributed by atoms with Gasteiger partial charge in [0.15, 0.2) is 0 Å². The Morgan fingerprint density at radius 1 is 1.33 bits per heavy atom. The monoisotopic (exact) mass is 311 g/mol. The molecular formula is C15H18ClNO4. The zero-order valence-electron chi connectivity index (χ0n) is 12.0. The summed E-state index contributed by atoms with van der Waals surface area (Å²) in [5.41, 5.74) is 0.657. The van der Waals surface area contributed by atoms with Crippen molar-refractivity contribution in [1.29, 1.82) is 0 Å². The second-order valence-corrected chi connectivity index (χ2v) is 5.07. The van der Waals surface area contributed by atoms with Crippen LogP contribution in [0.4, 0.5) is 5.69 Å². The van der Waals surface area contributed by atoms with Gasteiger partial charge in [-0.2, -0.15) is 0 Å². The van der Waals surface area contributed by atoms with Gasteiger partial charge in [-0.05, 0) is 37.6 Å². The number of hydrogen-bond acceptors (Lipinski definition) is 4. The van der Waals surface area contributed by atoms with Crippen LogP contribution in [-0.2, 0) is 14.3 Å². The molecule has 0 saturated carbocycles. The number of halogens is 1. The Bertz CT molecular complexity index is 517. The number of amides is 1. The van der Waals surface area contributed by atoms with Crippen LogP contribution in [0.5, 0.6) is 5.75 Å². The van der Waals surface area contributed by atoms with E-state index in [-0.39, 0.29) is 18.5 Å². The van der Waals surface area contributed by atoms with E-state index < -0.39 is 12.0 Å². The highest BCUT2D eigenvalue weighted by molar-refractivity contribution is 6.18. The highest BCUT2D eigenvalue weighted by Crippen LogP contribution is 2.36. The summed E-state index contributed by atoms with van der Waals surface area (Å²) in [7, 11) is 1.57. The average Bonchev–Trinajstić information content (AvgIpc) is 2.50. The van der Waals surface area contributed by atoms with Crippen molar-refractivity contribution in [2.45, 2.75) is 19.4 Å². The van der Waals surface area contributed by atoms with Crippen molar-refractivity contribution in [1.82, 2.24) is 0 Å². The number of methoxy groups -OCH3 is 1. The summed E-state index contributed by atoms with van der Waals surface area (Å²) in [6, 6.07) is 6.41. The standard InChI is InChI=1S/C15H18ClNO4/c1-3-21-15(19)13-12(8-9-16)14(18)17(13)10-4-6-11(20-2)7-5-10/h4-7,12-13H,3,8-9H2,1-2H3/t12-,13+/m0/s1. The SMILES string of the molecule is CCOC(=O)[C@H]1[C@H](CCCl)C(=O)N1c1ccc(OC)cc1. The first-order chi connectivity index (χ1) is 10.1. The Balaban J connectivity index is 2.22. The van der Waals surface area contributed by atoms with Gasteiger partial charge in [0, 0.05) is 11.6 Å². The molecule has 1 aliphatic heterocycles. The number of hydrogen-bond donors (Lipinski definition) is 0. The van der Waals surface area contributed by atoms with Crippen molar-refractivity contribution in [3.8, 4) is 5.75 Å². The number of carbonyl (C=O) groups excluding carboxylic acids is 2. The maximum atomic E-state index is 12.3. The van der Waals surface area contributed by atoms with E-state index in [1.165, 1.54) is 4.90 Å². The van der Waals surface area contributed by atoms with E-state index in [1.54, 1.807) is 38.3 Å². The lowest BCUT2D eigenvalue weighted by molar-refractivity contribution is -0.154. The molecule has 21 heavy (non-hydrogen) atoms. The number of ether oxygens (including phenoxy) is 2. The summed E-state index contributed by atoms with van der Waals surface area (Å²) in [6.45, 7) is 2.03. The number of alkyl halides is 1. The van der Waals surface area contributed by atoms with Crippen LogP contribution in [0, 0.1) is 5.92 Å². The molecular weight excluding hydrogens is 294 g/mol. The molecule has 0 aromatic heterocycles. The molecule has 2 rings (SSSR count). The molecule has 1 aromatic carbocycles. The fourth-order valence-corrected chi connectivity index (χ4v) is 2.71. The van der Waals surface area contributed by atoms with E-state index >= 15 is 0 Å². The van der Waals surface area contributed by atoms with Gasteiger partial charge in [0.05, 0.1) is 19.6 Å². The van der Waals surface area contributed by atoms with Gasteiger partial charge in [-0.1, -0.05) is 0 Å². The predicted octanol–water partition coefficient (Wildman–Crippen LogP) is 2.22. The molecule has 1 aliphatic rings. The molecule has 1 heterocycles. The molecule has 5 nitrogen and oxygen atoms in total. The normalized spacial score (nSPS) is 20.9. The Hall–Kier alpha value is -1.75. The summed E-state index contributed by atoms with van der Waals surface area (Å²) in [5, 5.41) is 0. The lowest BCUT2D eigenvalue weighted by atomic mass is 9.84. The quantitative estimate of drug-likeness (QED) is 0.459. The lowest BCUT2D eigenvalue weighted by Crippen LogP contribution is -2.65. The number of benzene rings is 1. The molecule has 0 bridgehead atoms. The highest BCUT2D eigenvalue weighted by Gasteiger charge is 2.52. The van der Waals surface area contributed by atoms with Crippen molar-refractivity contribution in [3.05, 3.63) is 24.3 Å². The number of nitrogens with zero attached hydrogens (tertiary/aromatic N) is 1. The summed E-state index contributed by atoms with van der Waals surface area (Å²) >= 11 is 5.72. The van der Waals surface area contributed by atoms with E-state index in [0.717, 1.165) is 0 Å². The molecule has 0 unspecified atom stereocenters. The molecule has 2 atom stereocenters. The van der Waals surface area contributed by atoms with Crippen molar-refractivity contribution in [2.24, 2.45) is 5.92 Å². The molecule has 1 aromatic rings. The summed E-state index contributed by atoms with van der Waals surface area (Å²) < 4.78 is 10.2. The molecule has 0 aliphatic carbocycles. The maximum Gasteiger partial charge on any atom is 0.330 e. The Morgan fingerprint density at radius 2 is 2.00 bits per heavy atom. The van der Waals surface area contributed by atoms with E-state index in [1.807, 2.05) is 0 Å². The first kappa shape index (κ1) is 15.6. The largest absolute Gasteiger partial charge is 0.497 e. The highest BCUT2D eigenvalue weighted by atomic mass is 35.5.